The fraction of sp³-hybridized carbons (Fsp3) is 0.500. The van der Waals surface area contributed by atoms with E-state index in [1.165, 1.54) is 12.1 Å². The topological polar surface area (TPSA) is 38.7 Å². The van der Waals surface area contributed by atoms with Crippen LogP contribution in [0.25, 0.3) is 0 Å². The van der Waals surface area contributed by atoms with Gasteiger partial charge in [-0.1, -0.05) is 11.8 Å². The van der Waals surface area contributed by atoms with Crippen LogP contribution < -0.4 is 4.74 Å². The van der Waals surface area contributed by atoms with Gasteiger partial charge in [0.15, 0.2) is 0 Å². The molecule has 0 aliphatic carbocycles. The molecule has 108 valence electrons. The summed E-state index contributed by atoms with van der Waals surface area (Å²) in [7, 11) is 0. The molecule has 1 heterocycles. The third-order valence-corrected chi connectivity index (χ3v) is 3.22. The molecule has 1 fully saturated rings. The highest BCUT2D eigenvalue weighted by atomic mass is 19.1. The van der Waals surface area contributed by atoms with Crippen LogP contribution in [0.15, 0.2) is 18.2 Å². The van der Waals surface area contributed by atoms with Gasteiger partial charge in [-0.15, -0.1) is 0 Å². The van der Waals surface area contributed by atoms with Gasteiger partial charge >= 0.3 is 0 Å². The summed E-state index contributed by atoms with van der Waals surface area (Å²) in [4.78, 5) is 0. The maximum absolute atomic E-state index is 13.2. The summed E-state index contributed by atoms with van der Waals surface area (Å²) in [5.74, 6) is 5.33. The highest BCUT2D eigenvalue weighted by Crippen LogP contribution is 2.30. The van der Waals surface area contributed by atoms with Crippen molar-refractivity contribution >= 4 is 0 Å². The molecule has 0 saturated carbocycles. The van der Waals surface area contributed by atoms with Crippen LogP contribution in [0, 0.1) is 17.7 Å². The van der Waals surface area contributed by atoms with Crippen LogP contribution in [0.2, 0.25) is 0 Å². The van der Waals surface area contributed by atoms with Gasteiger partial charge in [0.1, 0.15) is 24.8 Å². The molecule has 3 nitrogen and oxygen atoms in total. The van der Waals surface area contributed by atoms with Crippen LogP contribution in [-0.4, -0.2) is 30.0 Å². The van der Waals surface area contributed by atoms with Crippen molar-refractivity contribution in [1.29, 1.82) is 0 Å². The number of hydrogen-bond donors (Lipinski definition) is 1. The lowest BCUT2D eigenvalue weighted by atomic mass is 10.1. The van der Waals surface area contributed by atoms with Gasteiger partial charge in [-0.3, -0.25) is 0 Å². The number of ether oxygens (including phenoxy) is 2. The van der Waals surface area contributed by atoms with E-state index >= 15 is 0 Å². The molecule has 0 bridgehead atoms. The van der Waals surface area contributed by atoms with E-state index in [9.17, 15) is 4.39 Å². The third kappa shape index (κ3) is 3.96. The van der Waals surface area contributed by atoms with Crippen molar-refractivity contribution in [2.75, 3.05) is 13.2 Å². The Bertz CT molecular complexity index is 528. The number of benzene rings is 1. The Balaban J connectivity index is 2.02. The fourth-order valence-electron chi connectivity index (χ4n) is 2.24. The van der Waals surface area contributed by atoms with Crippen LogP contribution >= 0.6 is 0 Å². The van der Waals surface area contributed by atoms with E-state index in [1.54, 1.807) is 6.07 Å². The molecule has 1 unspecified atom stereocenters. The van der Waals surface area contributed by atoms with Gasteiger partial charge in [0.05, 0.1) is 17.3 Å². The van der Waals surface area contributed by atoms with Crippen LogP contribution in [0.3, 0.4) is 0 Å². The van der Waals surface area contributed by atoms with Crippen molar-refractivity contribution < 1.29 is 19.0 Å². The highest BCUT2D eigenvalue weighted by Gasteiger charge is 2.31. The molecule has 0 spiro atoms. The van der Waals surface area contributed by atoms with Gasteiger partial charge in [-0.2, -0.15) is 0 Å². The quantitative estimate of drug-likeness (QED) is 0.863. The molecule has 1 atom stereocenters. The minimum Gasteiger partial charge on any atom is -0.490 e. The van der Waals surface area contributed by atoms with E-state index in [0.717, 1.165) is 12.8 Å². The Morgan fingerprint density at radius 2 is 2.30 bits per heavy atom. The monoisotopic (exact) mass is 278 g/mol. The Labute approximate surface area is 118 Å². The minimum atomic E-state index is -0.377. The van der Waals surface area contributed by atoms with E-state index < -0.39 is 0 Å². The van der Waals surface area contributed by atoms with E-state index in [0.29, 0.717) is 17.9 Å². The number of hydrogen-bond acceptors (Lipinski definition) is 3. The van der Waals surface area contributed by atoms with Gasteiger partial charge in [0.2, 0.25) is 0 Å². The summed E-state index contributed by atoms with van der Waals surface area (Å²) in [6, 6.07) is 4.19. The maximum atomic E-state index is 13.2. The second-order valence-corrected chi connectivity index (χ2v) is 5.45. The minimum absolute atomic E-state index is 0.0497. The molecule has 0 radical (unpaired) electrons. The molecule has 1 aromatic rings. The van der Waals surface area contributed by atoms with Crippen molar-refractivity contribution in [2.24, 2.45) is 0 Å². The summed E-state index contributed by atoms with van der Waals surface area (Å²) < 4.78 is 24.7. The normalized spacial score (nSPS) is 20.3. The van der Waals surface area contributed by atoms with Crippen molar-refractivity contribution in [2.45, 2.75) is 38.4 Å². The number of aliphatic hydroxyl groups is 1. The standard InChI is InChI=1S/C16H19FO3/c1-16(2)8-7-14(20-16)11-19-15-6-5-13(17)10-12(15)4-3-9-18/h5-6,10,14,18H,7-9,11H2,1-2H3. The van der Waals surface area contributed by atoms with Crippen LogP contribution in [0.1, 0.15) is 32.3 Å². The first-order chi connectivity index (χ1) is 9.50. The lowest BCUT2D eigenvalue weighted by Crippen LogP contribution is -2.24. The second-order valence-electron chi connectivity index (χ2n) is 5.45. The molecule has 0 aromatic heterocycles. The number of halogens is 1. The lowest BCUT2D eigenvalue weighted by molar-refractivity contribution is -0.0326. The van der Waals surface area contributed by atoms with Crippen molar-refractivity contribution in [3.63, 3.8) is 0 Å². The van der Waals surface area contributed by atoms with Crippen LogP contribution in [-0.2, 0) is 4.74 Å². The molecule has 1 saturated heterocycles. The van der Waals surface area contributed by atoms with Crippen molar-refractivity contribution in [3.8, 4) is 17.6 Å². The summed E-state index contributed by atoms with van der Waals surface area (Å²) in [5, 5.41) is 8.72. The van der Waals surface area contributed by atoms with E-state index in [1.807, 2.05) is 0 Å². The highest BCUT2D eigenvalue weighted by molar-refractivity contribution is 5.46. The molecule has 1 N–H and O–H groups in total. The second kappa shape index (κ2) is 6.25. The number of rotatable bonds is 3. The van der Waals surface area contributed by atoms with Gasteiger partial charge in [-0.05, 0) is 44.9 Å². The third-order valence-electron chi connectivity index (χ3n) is 3.22. The van der Waals surface area contributed by atoms with Crippen LogP contribution in [0.4, 0.5) is 4.39 Å². The Hall–Kier alpha value is -1.57. The largest absolute Gasteiger partial charge is 0.490 e. The van der Waals surface area contributed by atoms with E-state index in [4.69, 9.17) is 14.6 Å². The Kier molecular flexibility index (Phi) is 4.64. The lowest BCUT2D eigenvalue weighted by Gasteiger charge is -2.19. The molecule has 0 amide bonds. The molecule has 20 heavy (non-hydrogen) atoms. The fourth-order valence-corrected chi connectivity index (χ4v) is 2.24. The predicted octanol–water partition coefficient (Wildman–Crippen LogP) is 2.51. The SMILES string of the molecule is CC1(C)CCC(COc2ccc(F)cc2C#CCO)O1. The first-order valence-electron chi connectivity index (χ1n) is 6.70. The Morgan fingerprint density at radius 3 is 2.95 bits per heavy atom. The summed E-state index contributed by atoms with van der Waals surface area (Å²) in [6.07, 6.45) is 2.00. The Morgan fingerprint density at radius 1 is 1.50 bits per heavy atom. The summed E-state index contributed by atoms with van der Waals surface area (Å²) in [6.45, 7) is 4.27. The molecular formula is C16H19FO3. The zero-order valence-electron chi connectivity index (χ0n) is 11.8. The first kappa shape index (κ1) is 14.8. The smallest absolute Gasteiger partial charge is 0.135 e. The molecule has 1 aliphatic rings. The van der Waals surface area contributed by atoms with Crippen molar-refractivity contribution in [1.82, 2.24) is 0 Å². The summed E-state index contributed by atoms with van der Waals surface area (Å²) in [5.41, 5.74) is 0.340. The number of aliphatic hydroxyl groups excluding tert-OH is 1. The molecule has 1 aliphatic heterocycles. The average molecular weight is 278 g/mol. The molecular weight excluding hydrogens is 259 g/mol. The molecule has 2 rings (SSSR count). The summed E-state index contributed by atoms with van der Waals surface area (Å²) >= 11 is 0. The maximum Gasteiger partial charge on any atom is 0.135 e. The van der Waals surface area contributed by atoms with Gasteiger partial charge < -0.3 is 14.6 Å². The van der Waals surface area contributed by atoms with Gasteiger partial charge in [0.25, 0.3) is 0 Å². The first-order valence-corrected chi connectivity index (χ1v) is 6.70. The van der Waals surface area contributed by atoms with Crippen LogP contribution in [0.5, 0.6) is 5.75 Å². The van der Waals surface area contributed by atoms with Gasteiger partial charge in [-0.25, -0.2) is 4.39 Å². The zero-order valence-corrected chi connectivity index (χ0v) is 11.8. The van der Waals surface area contributed by atoms with Gasteiger partial charge in [0, 0.05) is 0 Å². The average Bonchev–Trinajstić information content (AvgIpc) is 2.75. The van der Waals surface area contributed by atoms with E-state index in [-0.39, 0.29) is 24.1 Å². The van der Waals surface area contributed by atoms with Crippen molar-refractivity contribution in [3.05, 3.63) is 29.6 Å². The molecule has 4 heteroatoms. The predicted molar refractivity (Wildman–Crippen MR) is 74.0 cm³/mol. The molecule has 1 aromatic carbocycles. The van der Waals surface area contributed by atoms with E-state index in [2.05, 4.69) is 25.7 Å². The zero-order chi connectivity index (χ0) is 14.6.